The van der Waals surface area contributed by atoms with Crippen molar-refractivity contribution in [3.05, 3.63) is 63.6 Å². The Kier molecular flexibility index (Phi) is 6.71. The zero-order valence-electron chi connectivity index (χ0n) is 12.4. The third-order valence-corrected chi connectivity index (χ3v) is 3.88. The minimum Gasteiger partial charge on any atom is -0.489 e. The molecule has 23 heavy (non-hydrogen) atoms. The average Bonchev–Trinajstić information content (AvgIpc) is 2.54. The summed E-state index contributed by atoms with van der Waals surface area (Å²) in [6, 6.07) is 12.5. The first-order valence-electron chi connectivity index (χ1n) is 7.12. The number of hydrogen-bond donors (Lipinski definition) is 2. The van der Waals surface area contributed by atoms with Gasteiger partial charge in [-0.15, -0.1) is 0 Å². The van der Waals surface area contributed by atoms with E-state index in [1.807, 2.05) is 12.1 Å². The second-order valence-corrected chi connectivity index (χ2v) is 5.70. The second kappa shape index (κ2) is 8.77. The maximum atomic E-state index is 11.6. The molecule has 0 unspecified atom stereocenters. The molecule has 0 aliphatic carbocycles. The van der Waals surface area contributed by atoms with E-state index in [0.29, 0.717) is 15.8 Å². The SMILES string of the molecule is O=C(Cc1ccc(OCc2c(Cl)cccc2Cl)cc1)NCCO. The van der Waals surface area contributed by atoms with Gasteiger partial charge < -0.3 is 15.2 Å². The van der Waals surface area contributed by atoms with Crippen molar-refractivity contribution in [3.63, 3.8) is 0 Å². The lowest BCUT2D eigenvalue weighted by Crippen LogP contribution is -2.27. The van der Waals surface area contributed by atoms with Crippen LogP contribution < -0.4 is 10.1 Å². The van der Waals surface area contributed by atoms with Crippen LogP contribution in [0.2, 0.25) is 10.0 Å². The quantitative estimate of drug-likeness (QED) is 0.803. The van der Waals surface area contributed by atoms with Crippen molar-refractivity contribution in [2.45, 2.75) is 13.0 Å². The first kappa shape index (κ1) is 17.6. The van der Waals surface area contributed by atoms with Crippen LogP contribution in [-0.4, -0.2) is 24.2 Å². The summed E-state index contributed by atoms with van der Waals surface area (Å²) in [5.74, 6) is 0.538. The predicted octanol–water partition coefficient (Wildman–Crippen LogP) is 3.22. The maximum Gasteiger partial charge on any atom is 0.224 e. The first-order chi connectivity index (χ1) is 11.1. The molecule has 2 aromatic rings. The fourth-order valence-corrected chi connectivity index (χ4v) is 2.48. The van der Waals surface area contributed by atoms with Gasteiger partial charge in [0, 0.05) is 22.2 Å². The average molecular weight is 354 g/mol. The van der Waals surface area contributed by atoms with Gasteiger partial charge in [0.1, 0.15) is 12.4 Å². The van der Waals surface area contributed by atoms with Gasteiger partial charge in [-0.05, 0) is 29.8 Å². The monoisotopic (exact) mass is 353 g/mol. The van der Waals surface area contributed by atoms with Gasteiger partial charge in [-0.25, -0.2) is 0 Å². The molecule has 4 nitrogen and oxygen atoms in total. The van der Waals surface area contributed by atoms with Crippen LogP contribution in [0.25, 0.3) is 0 Å². The van der Waals surface area contributed by atoms with E-state index >= 15 is 0 Å². The molecule has 0 saturated heterocycles. The Morgan fingerprint density at radius 3 is 2.35 bits per heavy atom. The molecule has 122 valence electrons. The van der Waals surface area contributed by atoms with Gasteiger partial charge in [-0.1, -0.05) is 41.4 Å². The molecule has 2 aromatic carbocycles. The summed E-state index contributed by atoms with van der Waals surface area (Å²) < 4.78 is 5.68. The van der Waals surface area contributed by atoms with Crippen molar-refractivity contribution in [2.24, 2.45) is 0 Å². The van der Waals surface area contributed by atoms with Gasteiger partial charge in [0.2, 0.25) is 5.91 Å². The Morgan fingerprint density at radius 2 is 1.74 bits per heavy atom. The van der Waals surface area contributed by atoms with Crippen LogP contribution in [0.1, 0.15) is 11.1 Å². The molecule has 0 spiro atoms. The Morgan fingerprint density at radius 1 is 1.09 bits per heavy atom. The van der Waals surface area contributed by atoms with E-state index in [1.54, 1.807) is 30.3 Å². The highest BCUT2D eigenvalue weighted by Crippen LogP contribution is 2.25. The number of nitrogens with one attached hydrogen (secondary N) is 1. The van der Waals surface area contributed by atoms with Crippen LogP contribution in [-0.2, 0) is 17.8 Å². The van der Waals surface area contributed by atoms with Crippen LogP contribution in [0, 0.1) is 0 Å². The topological polar surface area (TPSA) is 58.6 Å². The lowest BCUT2D eigenvalue weighted by atomic mass is 10.1. The first-order valence-corrected chi connectivity index (χ1v) is 7.88. The molecule has 6 heteroatoms. The standard InChI is InChI=1S/C17H17Cl2NO3/c18-15-2-1-3-16(19)14(15)11-23-13-6-4-12(5-7-13)10-17(22)20-8-9-21/h1-7,21H,8-11H2,(H,20,22). The highest BCUT2D eigenvalue weighted by atomic mass is 35.5. The van der Waals surface area contributed by atoms with E-state index in [4.69, 9.17) is 33.0 Å². The third-order valence-electron chi connectivity index (χ3n) is 3.17. The molecular weight excluding hydrogens is 337 g/mol. The lowest BCUT2D eigenvalue weighted by molar-refractivity contribution is -0.120. The second-order valence-electron chi connectivity index (χ2n) is 4.88. The smallest absolute Gasteiger partial charge is 0.224 e. The van der Waals surface area contributed by atoms with E-state index in [0.717, 1.165) is 11.1 Å². The van der Waals surface area contributed by atoms with Gasteiger partial charge in [-0.3, -0.25) is 4.79 Å². The number of aliphatic hydroxyl groups is 1. The van der Waals surface area contributed by atoms with E-state index in [2.05, 4.69) is 5.32 Å². The molecule has 0 fully saturated rings. The van der Waals surface area contributed by atoms with E-state index in [1.165, 1.54) is 0 Å². The van der Waals surface area contributed by atoms with Crippen molar-refractivity contribution in [2.75, 3.05) is 13.2 Å². The van der Waals surface area contributed by atoms with Crippen LogP contribution in [0.15, 0.2) is 42.5 Å². The molecule has 2 rings (SSSR count). The summed E-state index contributed by atoms with van der Waals surface area (Å²) in [6.07, 6.45) is 0.261. The molecular formula is C17H17Cl2NO3. The fourth-order valence-electron chi connectivity index (χ4n) is 1.97. The van der Waals surface area contributed by atoms with Crippen molar-refractivity contribution < 1.29 is 14.6 Å². The lowest BCUT2D eigenvalue weighted by Gasteiger charge is -2.10. The van der Waals surface area contributed by atoms with Gasteiger partial charge in [-0.2, -0.15) is 0 Å². The largest absolute Gasteiger partial charge is 0.489 e. The number of hydrogen-bond acceptors (Lipinski definition) is 3. The summed E-state index contributed by atoms with van der Waals surface area (Å²) in [7, 11) is 0. The summed E-state index contributed by atoms with van der Waals surface area (Å²) in [5.41, 5.74) is 1.60. The van der Waals surface area contributed by atoms with Gasteiger partial charge in [0.05, 0.1) is 13.0 Å². The van der Waals surface area contributed by atoms with Gasteiger partial charge >= 0.3 is 0 Å². The molecule has 1 amide bonds. The number of amides is 1. The molecule has 0 atom stereocenters. The van der Waals surface area contributed by atoms with Crippen molar-refractivity contribution in [1.29, 1.82) is 0 Å². The molecule has 0 aromatic heterocycles. The molecule has 2 N–H and O–H groups in total. The number of ether oxygens (including phenoxy) is 1. The molecule has 0 aliphatic rings. The summed E-state index contributed by atoms with van der Waals surface area (Å²) in [4.78, 5) is 11.6. The zero-order valence-corrected chi connectivity index (χ0v) is 13.9. The molecule has 0 bridgehead atoms. The Labute approximate surface area is 145 Å². The van der Waals surface area contributed by atoms with Crippen molar-refractivity contribution in [1.82, 2.24) is 5.32 Å². The van der Waals surface area contributed by atoms with Crippen molar-refractivity contribution in [3.8, 4) is 5.75 Å². The molecule has 0 saturated carbocycles. The van der Waals surface area contributed by atoms with Gasteiger partial charge in [0.25, 0.3) is 0 Å². The highest BCUT2D eigenvalue weighted by Gasteiger charge is 2.07. The van der Waals surface area contributed by atoms with Crippen LogP contribution in [0.5, 0.6) is 5.75 Å². The number of carbonyl (C=O) groups is 1. The van der Waals surface area contributed by atoms with E-state index in [9.17, 15) is 4.79 Å². The number of halogens is 2. The number of carbonyl (C=O) groups excluding carboxylic acids is 1. The Balaban J connectivity index is 1.91. The third kappa shape index (κ3) is 5.43. The number of aliphatic hydroxyl groups excluding tert-OH is 1. The molecule has 0 radical (unpaired) electrons. The molecule has 0 heterocycles. The minimum absolute atomic E-state index is 0.0663. The zero-order chi connectivity index (χ0) is 16.7. The number of rotatable bonds is 7. The van der Waals surface area contributed by atoms with Crippen LogP contribution in [0.4, 0.5) is 0 Å². The summed E-state index contributed by atoms with van der Waals surface area (Å²) in [5, 5.41) is 12.4. The maximum absolute atomic E-state index is 11.6. The normalized spacial score (nSPS) is 10.4. The van der Waals surface area contributed by atoms with E-state index in [-0.39, 0.29) is 32.1 Å². The van der Waals surface area contributed by atoms with Crippen molar-refractivity contribution >= 4 is 29.1 Å². The fraction of sp³-hybridized carbons (Fsp3) is 0.235. The van der Waals surface area contributed by atoms with Crippen LogP contribution >= 0.6 is 23.2 Å². The number of benzene rings is 2. The van der Waals surface area contributed by atoms with Crippen LogP contribution in [0.3, 0.4) is 0 Å². The molecule has 0 aliphatic heterocycles. The Hall–Kier alpha value is -1.75. The highest BCUT2D eigenvalue weighted by molar-refractivity contribution is 6.35. The van der Waals surface area contributed by atoms with E-state index < -0.39 is 0 Å². The van der Waals surface area contributed by atoms with Gasteiger partial charge in [0.15, 0.2) is 0 Å². The Bertz CT molecular complexity index is 639. The minimum atomic E-state index is -0.129. The predicted molar refractivity (Wildman–Crippen MR) is 91.0 cm³/mol. The summed E-state index contributed by atoms with van der Waals surface area (Å²) in [6.45, 7) is 0.469. The summed E-state index contributed by atoms with van der Waals surface area (Å²) >= 11 is 12.2.